The summed E-state index contributed by atoms with van der Waals surface area (Å²) < 4.78 is 43.9. The molecule has 2 aromatic carbocycles. The predicted octanol–water partition coefficient (Wildman–Crippen LogP) is 5.64. The Morgan fingerprint density at radius 3 is 2.16 bits per heavy atom. The number of aromatic nitrogens is 5. The molecule has 0 aliphatic rings. The molecule has 0 radical (unpaired) electrons. The highest BCUT2D eigenvalue weighted by Gasteiger charge is 2.16. The highest BCUT2D eigenvalue weighted by atomic mass is 35.5. The lowest BCUT2D eigenvalue weighted by molar-refractivity contribution is 0.0715. The zero-order valence-electron chi connectivity index (χ0n) is 24.0. The van der Waals surface area contributed by atoms with Crippen LogP contribution in [-0.4, -0.2) is 31.0 Å². The fourth-order valence-corrected chi connectivity index (χ4v) is 3.96. The van der Waals surface area contributed by atoms with E-state index in [2.05, 4.69) is 19.8 Å². The lowest BCUT2D eigenvalue weighted by Crippen LogP contribution is -2.19. The monoisotopic (exact) mass is 615 g/mol. The van der Waals surface area contributed by atoms with Gasteiger partial charge in [-0.2, -0.15) is 0 Å². The SMILES string of the molecule is CC.CCCOCn1c(Cc2c(F)cccc2Cl)noc1=O.O=c1onc(Cc2ccccn2)n1Cc1ccc(F)cc1. The number of benzene rings is 2. The van der Waals surface area contributed by atoms with E-state index in [1.165, 1.54) is 33.4 Å². The van der Waals surface area contributed by atoms with Gasteiger partial charge < -0.3 is 4.74 Å². The van der Waals surface area contributed by atoms with E-state index >= 15 is 0 Å². The van der Waals surface area contributed by atoms with Gasteiger partial charge >= 0.3 is 11.5 Å². The largest absolute Gasteiger partial charge is 0.443 e. The molecule has 0 saturated heterocycles. The number of nitrogens with zero attached hydrogens (tertiary/aromatic N) is 5. The standard InChI is InChI=1S/C15H12FN3O2.C13H14ClFN2O3.C2H6/c16-12-6-4-11(5-7-12)10-19-14(18-21-15(19)20)9-13-3-1-2-8-17-13;1-2-6-19-8-17-12(16-20-13(17)18)7-9-10(14)4-3-5-11(9)15;1-2/h1-8H,9-10H2;3-5H,2,6-8H2,1H3;1-2H3. The normalized spacial score (nSPS) is 10.5. The van der Waals surface area contributed by atoms with Crippen molar-refractivity contribution in [1.82, 2.24) is 24.4 Å². The van der Waals surface area contributed by atoms with E-state index in [-0.39, 0.29) is 41.9 Å². The van der Waals surface area contributed by atoms with Gasteiger partial charge in [0, 0.05) is 35.5 Å². The van der Waals surface area contributed by atoms with Crippen molar-refractivity contribution in [1.29, 1.82) is 0 Å². The molecule has 0 N–H and O–H groups in total. The molecule has 0 saturated carbocycles. The van der Waals surface area contributed by atoms with Gasteiger partial charge in [-0.25, -0.2) is 22.9 Å². The molecule has 5 rings (SSSR count). The van der Waals surface area contributed by atoms with E-state index in [9.17, 15) is 18.4 Å². The molecule has 0 fully saturated rings. The van der Waals surface area contributed by atoms with E-state index in [4.69, 9.17) is 20.9 Å². The van der Waals surface area contributed by atoms with Crippen LogP contribution in [0, 0.1) is 11.6 Å². The molecule has 0 amide bonds. The molecule has 13 heteroatoms. The zero-order valence-corrected chi connectivity index (χ0v) is 24.8. The lowest BCUT2D eigenvalue weighted by Gasteiger charge is -2.07. The van der Waals surface area contributed by atoms with Crippen LogP contribution in [0.2, 0.25) is 5.02 Å². The maximum absolute atomic E-state index is 13.7. The third kappa shape index (κ3) is 9.55. The molecule has 0 atom stereocenters. The summed E-state index contributed by atoms with van der Waals surface area (Å²) in [6, 6.07) is 15.9. The molecule has 0 bridgehead atoms. The van der Waals surface area contributed by atoms with Crippen LogP contribution in [0.25, 0.3) is 0 Å². The van der Waals surface area contributed by atoms with Crippen LogP contribution < -0.4 is 11.5 Å². The summed E-state index contributed by atoms with van der Waals surface area (Å²) in [7, 11) is 0. The van der Waals surface area contributed by atoms with E-state index in [1.54, 1.807) is 24.4 Å². The summed E-state index contributed by atoms with van der Waals surface area (Å²) >= 11 is 5.95. The van der Waals surface area contributed by atoms with Crippen molar-refractivity contribution in [3.63, 3.8) is 0 Å². The molecule has 0 aliphatic carbocycles. The first-order chi connectivity index (χ1) is 20.9. The highest BCUT2D eigenvalue weighted by molar-refractivity contribution is 6.31. The Morgan fingerprint density at radius 2 is 1.53 bits per heavy atom. The Balaban J connectivity index is 0.000000223. The second-order valence-electron chi connectivity index (χ2n) is 8.78. The molecular weight excluding hydrogens is 584 g/mol. The van der Waals surface area contributed by atoms with E-state index in [0.717, 1.165) is 17.7 Å². The summed E-state index contributed by atoms with van der Waals surface area (Å²) in [4.78, 5) is 27.5. The smallest absolute Gasteiger partial charge is 0.360 e. The second kappa shape index (κ2) is 16.9. The average molecular weight is 616 g/mol. The summed E-state index contributed by atoms with van der Waals surface area (Å²) in [5, 5.41) is 7.71. The zero-order chi connectivity index (χ0) is 31.2. The molecule has 43 heavy (non-hydrogen) atoms. The van der Waals surface area contributed by atoms with Gasteiger partial charge in [-0.15, -0.1) is 0 Å². The lowest BCUT2D eigenvalue weighted by atomic mass is 10.1. The summed E-state index contributed by atoms with van der Waals surface area (Å²) in [6.45, 7) is 6.77. The first kappa shape index (κ1) is 33.1. The first-order valence-corrected chi connectivity index (χ1v) is 14.0. The minimum Gasteiger partial charge on any atom is -0.360 e. The van der Waals surface area contributed by atoms with Crippen LogP contribution in [0.15, 0.2) is 85.5 Å². The molecule has 3 aromatic heterocycles. The van der Waals surface area contributed by atoms with Crippen LogP contribution in [0.5, 0.6) is 0 Å². The number of ether oxygens (including phenoxy) is 1. The van der Waals surface area contributed by atoms with Crippen LogP contribution in [0.1, 0.15) is 55.7 Å². The van der Waals surface area contributed by atoms with Gasteiger partial charge in [0.1, 0.15) is 18.4 Å². The Morgan fingerprint density at radius 1 is 0.860 bits per heavy atom. The number of rotatable bonds is 10. The van der Waals surface area contributed by atoms with Crippen molar-refractivity contribution >= 4 is 11.6 Å². The number of pyridine rings is 1. The minimum absolute atomic E-state index is 0.0254. The Hall–Kier alpha value is -4.42. The third-order valence-corrected chi connectivity index (χ3v) is 6.16. The fourth-order valence-electron chi connectivity index (χ4n) is 3.73. The minimum atomic E-state index is -0.636. The third-order valence-electron chi connectivity index (χ3n) is 5.81. The Bertz CT molecular complexity index is 1650. The van der Waals surface area contributed by atoms with Gasteiger partial charge in [0.2, 0.25) is 0 Å². The van der Waals surface area contributed by atoms with Gasteiger partial charge in [0.25, 0.3) is 0 Å². The topological polar surface area (TPSA) is 118 Å². The van der Waals surface area contributed by atoms with Crippen LogP contribution in [0.4, 0.5) is 8.78 Å². The van der Waals surface area contributed by atoms with Crippen LogP contribution >= 0.6 is 11.6 Å². The molecule has 0 unspecified atom stereocenters. The second-order valence-corrected chi connectivity index (χ2v) is 9.19. The fraction of sp³-hybridized carbons (Fsp3) is 0.300. The van der Waals surface area contributed by atoms with Crippen molar-refractivity contribution in [3.8, 4) is 0 Å². The van der Waals surface area contributed by atoms with Gasteiger partial charge in [0.05, 0.1) is 13.0 Å². The number of halogens is 3. The van der Waals surface area contributed by atoms with Crippen molar-refractivity contribution in [2.24, 2.45) is 0 Å². The van der Waals surface area contributed by atoms with Crippen molar-refractivity contribution < 1.29 is 22.6 Å². The Labute approximate surface area is 251 Å². The summed E-state index contributed by atoms with van der Waals surface area (Å²) in [5.74, 6) is -1.17. The summed E-state index contributed by atoms with van der Waals surface area (Å²) in [6.07, 6.45) is 2.97. The van der Waals surface area contributed by atoms with Gasteiger partial charge in [-0.3, -0.25) is 18.6 Å². The quantitative estimate of drug-likeness (QED) is 0.185. The maximum atomic E-state index is 13.7. The molecule has 0 aliphatic heterocycles. The van der Waals surface area contributed by atoms with Gasteiger partial charge in [-0.05, 0) is 48.4 Å². The van der Waals surface area contributed by atoms with Crippen LogP contribution in [0.3, 0.4) is 0 Å². The van der Waals surface area contributed by atoms with Crippen LogP contribution in [-0.2, 0) is 30.9 Å². The molecule has 5 aromatic rings. The number of hydrogen-bond acceptors (Lipinski definition) is 8. The summed E-state index contributed by atoms with van der Waals surface area (Å²) in [5.41, 5.74) is 1.86. The number of hydrogen-bond donors (Lipinski definition) is 0. The molecule has 0 spiro atoms. The van der Waals surface area contributed by atoms with E-state index in [0.29, 0.717) is 18.9 Å². The van der Waals surface area contributed by atoms with E-state index in [1.807, 2.05) is 39.0 Å². The predicted molar refractivity (Wildman–Crippen MR) is 156 cm³/mol. The van der Waals surface area contributed by atoms with Crippen molar-refractivity contribution in [2.45, 2.75) is 53.3 Å². The van der Waals surface area contributed by atoms with Gasteiger partial charge in [-0.1, -0.05) is 67.0 Å². The first-order valence-electron chi connectivity index (χ1n) is 13.6. The molecule has 228 valence electrons. The molecule has 3 heterocycles. The Kier molecular flexibility index (Phi) is 13.0. The maximum Gasteiger partial charge on any atom is 0.443 e. The van der Waals surface area contributed by atoms with Crippen molar-refractivity contribution in [2.75, 3.05) is 6.61 Å². The molecule has 10 nitrogen and oxygen atoms in total. The van der Waals surface area contributed by atoms with Crippen molar-refractivity contribution in [3.05, 3.63) is 133 Å². The van der Waals surface area contributed by atoms with E-state index < -0.39 is 17.3 Å². The molecular formula is C30H32ClF2N5O5. The van der Waals surface area contributed by atoms with Gasteiger partial charge in [0.15, 0.2) is 11.6 Å². The highest BCUT2D eigenvalue weighted by Crippen LogP contribution is 2.21. The average Bonchev–Trinajstić information content (AvgIpc) is 3.54.